The highest BCUT2D eigenvalue weighted by Crippen LogP contribution is 2.40. The van der Waals surface area contributed by atoms with Gasteiger partial charge < -0.3 is 24.1 Å². The van der Waals surface area contributed by atoms with Crippen LogP contribution in [0.15, 0.2) is 16.7 Å². The normalized spacial score (nSPS) is 17.8. The van der Waals surface area contributed by atoms with E-state index < -0.39 is 0 Å². The zero-order chi connectivity index (χ0) is 17.6. The quantitative estimate of drug-likeness (QED) is 0.860. The zero-order valence-corrected chi connectivity index (χ0v) is 15.0. The van der Waals surface area contributed by atoms with Gasteiger partial charge in [0.15, 0.2) is 11.5 Å². The van der Waals surface area contributed by atoms with Crippen LogP contribution < -0.4 is 19.5 Å². The third-order valence-electron chi connectivity index (χ3n) is 4.55. The van der Waals surface area contributed by atoms with E-state index in [1.165, 1.54) is 12.8 Å². The summed E-state index contributed by atoms with van der Waals surface area (Å²) in [6.45, 7) is 2.15. The van der Waals surface area contributed by atoms with Crippen molar-refractivity contribution in [2.24, 2.45) is 5.92 Å². The van der Waals surface area contributed by atoms with Gasteiger partial charge in [0, 0.05) is 12.0 Å². The van der Waals surface area contributed by atoms with Gasteiger partial charge in [-0.15, -0.1) is 0 Å². The first kappa shape index (κ1) is 17.5. The maximum Gasteiger partial charge on any atom is 0.227 e. The SMILES string of the molecule is COc1cc(-c2noc(CC3CCCNCC3)n2)cc(OC)c1OC. The van der Waals surface area contributed by atoms with Gasteiger partial charge in [-0.2, -0.15) is 4.98 Å². The fraction of sp³-hybridized carbons (Fsp3) is 0.556. The van der Waals surface area contributed by atoms with Gasteiger partial charge in [-0.25, -0.2) is 0 Å². The summed E-state index contributed by atoms with van der Waals surface area (Å²) in [6.07, 6.45) is 4.34. The highest BCUT2D eigenvalue weighted by Gasteiger charge is 2.19. The Labute approximate surface area is 147 Å². The van der Waals surface area contributed by atoms with Crippen molar-refractivity contribution in [2.75, 3.05) is 34.4 Å². The van der Waals surface area contributed by atoms with Gasteiger partial charge in [0.2, 0.25) is 17.5 Å². The van der Waals surface area contributed by atoms with Crippen LogP contribution in [0.1, 0.15) is 25.2 Å². The van der Waals surface area contributed by atoms with E-state index in [9.17, 15) is 0 Å². The lowest BCUT2D eigenvalue weighted by atomic mass is 9.97. The summed E-state index contributed by atoms with van der Waals surface area (Å²) < 4.78 is 21.6. The predicted molar refractivity (Wildman–Crippen MR) is 93.3 cm³/mol. The molecule has 0 aliphatic carbocycles. The minimum Gasteiger partial charge on any atom is -0.493 e. The number of benzene rings is 1. The summed E-state index contributed by atoms with van der Waals surface area (Å²) in [5.41, 5.74) is 0.770. The molecule has 136 valence electrons. The molecule has 2 aromatic rings. The second-order valence-corrected chi connectivity index (χ2v) is 6.18. The van der Waals surface area contributed by atoms with Crippen molar-refractivity contribution in [1.82, 2.24) is 15.5 Å². The lowest BCUT2D eigenvalue weighted by molar-refractivity contribution is 0.324. The lowest BCUT2D eigenvalue weighted by Gasteiger charge is -2.12. The number of hydrogen-bond donors (Lipinski definition) is 1. The molecule has 1 aliphatic rings. The Hall–Kier alpha value is -2.28. The van der Waals surface area contributed by atoms with Crippen LogP contribution in [0.5, 0.6) is 17.2 Å². The molecule has 0 spiro atoms. The van der Waals surface area contributed by atoms with E-state index in [-0.39, 0.29) is 0 Å². The van der Waals surface area contributed by atoms with Gasteiger partial charge in [0.25, 0.3) is 0 Å². The molecule has 7 heteroatoms. The highest BCUT2D eigenvalue weighted by molar-refractivity contribution is 5.66. The van der Waals surface area contributed by atoms with Crippen LogP contribution in [-0.4, -0.2) is 44.6 Å². The lowest BCUT2D eigenvalue weighted by Crippen LogP contribution is -2.14. The van der Waals surface area contributed by atoms with Gasteiger partial charge in [-0.05, 0) is 50.4 Å². The molecule has 0 bridgehead atoms. The zero-order valence-electron chi connectivity index (χ0n) is 15.0. The van der Waals surface area contributed by atoms with Crippen molar-refractivity contribution in [1.29, 1.82) is 0 Å². The van der Waals surface area contributed by atoms with E-state index in [1.807, 2.05) is 12.1 Å². The molecular formula is C18H25N3O4. The minimum atomic E-state index is 0.529. The van der Waals surface area contributed by atoms with E-state index in [2.05, 4.69) is 15.5 Å². The highest BCUT2D eigenvalue weighted by atomic mass is 16.5. The van der Waals surface area contributed by atoms with E-state index in [4.69, 9.17) is 18.7 Å². The van der Waals surface area contributed by atoms with Crippen LogP contribution in [0.2, 0.25) is 0 Å². The van der Waals surface area contributed by atoms with Gasteiger partial charge in [0.05, 0.1) is 21.3 Å². The van der Waals surface area contributed by atoms with Crippen molar-refractivity contribution < 1.29 is 18.7 Å². The average Bonchev–Trinajstić information content (AvgIpc) is 2.96. The molecule has 1 aliphatic heterocycles. The van der Waals surface area contributed by atoms with Gasteiger partial charge in [-0.3, -0.25) is 0 Å². The molecule has 0 saturated carbocycles. The average molecular weight is 347 g/mol. The monoisotopic (exact) mass is 347 g/mol. The molecule has 7 nitrogen and oxygen atoms in total. The third kappa shape index (κ3) is 4.04. The first-order valence-corrected chi connectivity index (χ1v) is 8.58. The van der Waals surface area contributed by atoms with E-state index in [0.29, 0.717) is 34.9 Å². The van der Waals surface area contributed by atoms with Gasteiger partial charge in [0.1, 0.15) is 0 Å². The van der Waals surface area contributed by atoms with Crippen LogP contribution in [0, 0.1) is 5.92 Å². The molecule has 2 heterocycles. The van der Waals surface area contributed by atoms with Crippen molar-refractivity contribution in [2.45, 2.75) is 25.7 Å². The van der Waals surface area contributed by atoms with Gasteiger partial charge in [-0.1, -0.05) is 5.16 Å². The van der Waals surface area contributed by atoms with E-state index >= 15 is 0 Å². The second kappa shape index (κ2) is 8.20. The third-order valence-corrected chi connectivity index (χ3v) is 4.55. The van der Waals surface area contributed by atoms with E-state index in [1.54, 1.807) is 21.3 Å². The number of rotatable bonds is 6. The molecule has 1 saturated heterocycles. The fourth-order valence-electron chi connectivity index (χ4n) is 3.21. The minimum absolute atomic E-state index is 0.529. The number of nitrogens with zero attached hydrogens (tertiary/aromatic N) is 2. The number of aromatic nitrogens is 2. The first-order valence-electron chi connectivity index (χ1n) is 8.58. The van der Waals surface area contributed by atoms with Crippen LogP contribution in [0.4, 0.5) is 0 Å². The molecule has 1 fully saturated rings. The molecular weight excluding hydrogens is 322 g/mol. The number of methoxy groups -OCH3 is 3. The first-order chi connectivity index (χ1) is 12.2. The summed E-state index contributed by atoms with van der Waals surface area (Å²) in [7, 11) is 4.75. The Balaban J connectivity index is 1.81. The number of hydrogen-bond acceptors (Lipinski definition) is 7. The largest absolute Gasteiger partial charge is 0.493 e. The fourth-order valence-corrected chi connectivity index (χ4v) is 3.21. The van der Waals surface area contributed by atoms with Crippen molar-refractivity contribution in [3.63, 3.8) is 0 Å². The van der Waals surface area contributed by atoms with Crippen LogP contribution in [0.3, 0.4) is 0 Å². The van der Waals surface area contributed by atoms with Crippen LogP contribution in [-0.2, 0) is 6.42 Å². The Morgan fingerprint density at radius 3 is 2.52 bits per heavy atom. The van der Waals surface area contributed by atoms with Crippen molar-refractivity contribution in [3.05, 3.63) is 18.0 Å². The Morgan fingerprint density at radius 2 is 1.84 bits per heavy atom. The van der Waals surface area contributed by atoms with Crippen LogP contribution >= 0.6 is 0 Å². The molecule has 1 N–H and O–H groups in total. The molecule has 0 radical (unpaired) electrons. The summed E-state index contributed by atoms with van der Waals surface area (Å²) in [5, 5.41) is 7.55. The molecule has 1 aromatic carbocycles. The number of nitrogens with one attached hydrogen (secondary N) is 1. The van der Waals surface area contributed by atoms with Crippen molar-refractivity contribution in [3.8, 4) is 28.6 Å². The molecule has 3 rings (SSSR count). The topological polar surface area (TPSA) is 78.6 Å². The Bertz CT molecular complexity index is 668. The number of ether oxygens (including phenoxy) is 3. The van der Waals surface area contributed by atoms with E-state index in [0.717, 1.165) is 31.5 Å². The molecule has 1 atom stereocenters. The summed E-state index contributed by atoms with van der Waals surface area (Å²) in [4.78, 5) is 4.56. The standard InChI is InChI=1S/C18H25N3O4/c1-22-14-10-13(11-15(23-2)17(14)24-3)18-20-16(25-21-18)9-12-5-4-7-19-8-6-12/h10-12,19H,4-9H2,1-3H3. The Kier molecular flexibility index (Phi) is 5.75. The van der Waals surface area contributed by atoms with Crippen molar-refractivity contribution >= 4 is 0 Å². The smallest absolute Gasteiger partial charge is 0.227 e. The molecule has 0 amide bonds. The molecule has 1 aromatic heterocycles. The molecule has 25 heavy (non-hydrogen) atoms. The maximum atomic E-state index is 5.47. The second-order valence-electron chi connectivity index (χ2n) is 6.18. The van der Waals surface area contributed by atoms with Crippen LogP contribution in [0.25, 0.3) is 11.4 Å². The summed E-state index contributed by atoms with van der Waals surface area (Å²) in [6, 6.07) is 3.65. The summed E-state index contributed by atoms with van der Waals surface area (Å²) >= 11 is 0. The summed E-state index contributed by atoms with van der Waals surface area (Å²) in [5.74, 6) is 3.47. The predicted octanol–water partition coefficient (Wildman–Crippen LogP) is 2.69. The van der Waals surface area contributed by atoms with Gasteiger partial charge >= 0.3 is 0 Å². The maximum absolute atomic E-state index is 5.47. The molecule has 1 unspecified atom stereocenters. The Morgan fingerprint density at radius 1 is 1.08 bits per heavy atom.